The molecule has 0 saturated heterocycles. The Kier molecular flexibility index (Phi) is 5.43. The van der Waals surface area contributed by atoms with Crippen LogP contribution in [0.5, 0.6) is 5.75 Å². The minimum Gasteiger partial charge on any atom is -0.494 e. The number of ether oxygens (including phenoxy) is 1. The van der Waals surface area contributed by atoms with Crippen LogP contribution in [-0.2, 0) is 0 Å². The van der Waals surface area contributed by atoms with Crippen LogP contribution in [0, 0.1) is 0 Å². The van der Waals surface area contributed by atoms with Crippen LogP contribution in [0.3, 0.4) is 0 Å². The van der Waals surface area contributed by atoms with E-state index in [0.29, 0.717) is 17.9 Å². The highest BCUT2D eigenvalue weighted by Crippen LogP contribution is 2.21. The molecule has 2 N–H and O–H groups in total. The maximum absolute atomic E-state index is 12.1. The topological polar surface area (TPSA) is 41.5 Å². The lowest BCUT2D eigenvalue weighted by Gasteiger charge is -2.18. The van der Waals surface area contributed by atoms with E-state index in [0.717, 1.165) is 0 Å². The summed E-state index contributed by atoms with van der Waals surface area (Å²) >= 11 is 0. The fraction of sp³-hybridized carbons (Fsp3) is 0.500. The maximum Gasteiger partial charge on any atom is 0.401 e. The van der Waals surface area contributed by atoms with Crippen molar-refractivity contribution in [3.8, 4) is 5.75 Å². The van der Waals surface area contributed by atoms with Gasteiger partial charge in [0, 0.05) is 0 Å². The Morgan fingerprint density at radius 2 is 2.11 bits per heavy atom. The van der Waals surface area contributed by atoms with Gasteiger partial charge in [-0.25, -0.2) is 0 Å². The van der Waals surface area contributed by atoms with E-state index in [4.69, 9.17) is 9.84 Å². The molecular weight excluding hydrogens is 247 g/mol. The van der Waals surface area contributed by atoms with Crippen LogP contribution < -0.4 is 10.1 Å². The number of aliphatic hydroxyl groups is 1. The molecule has 0 aromatic heterocycles. The van der Waals surface area contributed by atoms with Crippen molar-refractivity contribution < 1.29 is 23.0 Å². The summed E-state index contributed by atoms with van der Waals surface area (Å²) in [5, 5.41) is 11.4. The average Bonchev–Trinajstić information content (AvgIpc) is 2.29. The third-order valence-electron chi connectivity index (χ3n) is 2.30. The van der Waals surface area contributed by atoms with Gasteiger partial charge in [0.1, 0.15) is 5.75 Å². The first-order valence-electron chi connectivity index (χ1n) is 5.60. The first-order chi connectivity index (χ1) is 8.46. The lowest BCUT2D eigenvalue weighted by atomic mass is 10.1. The van der Waals surface area contributed by atoms with Gasteiger partial charge in [0.15, 0.2) is 0 Å². The number of nitrogens with one attached hydrogen (secondary N) is 1. The zero-order valence-corrected chi connectivity index (χ0v) is 10.00. The summed E-state index contributed by atoms with van der Waals surface area (Å²) in [7, 11) is 0. The zero-order chi connectivity index (χ0) is 13.6. The zero-order valence-electron chi connectivity index (χ0n) is 10.00. The molecule has 1 rings (SSSR count). The number of halogens is 3. The molecule has 0 radical (unpaired) electrons. The van der Waals surface area contributed by atoms with Crippen molar-refractivity contribution in [2.24, 2.45) is 0 Å². The molecule has 102 valence electrons. The smallest absolute Gasteiger partial charge is 0.401 e. The molecule has 0 aliphatic heterocycles. The van der Waals surface area contributed by atoms with Gasteiger partial charge in [-0.1, -0.05) is 12.1 Å². The molecule has 0 heterocycles. The first kappa shape index (κ1) is 14.8. The lowest BCUT2D eigenvalue weighted by molar-refractivity contribution is -0.126. The van der Waals surface area contributed by atoms with Crippen molar-refractivity contribution in [1.29, 1.82) is 0 Å². The van der Waals surface area contributed by atoms with Crippen molar-refractivity contribution in [3.63, 3.8) is 0 Å². The molecule has 0 saturated carbocycles. The highest BCUT2D eigenvalue weighted by atomic mass is 19.4. The first-order valence-corrected chi connectivity index (χ1v) is 5.60. The molecule has 1 aromatic rings. The normalized spacial score (nSPS) is 13.4. The third kappa shape index (κ3) is 4.93. The van der Waals surface area contributed by atoms with Crippen LogP contribution in [0.1, 0.15) is 18.5 Å². The standard InChI is InChI=1S/C12H16F3NO2/c1-2-18-10-5-3-4-9(6-10)11(7-17)16-8-12(13,14)15/h3-6,11,16-17H,2,7-8H2,1H3. The van der Waals surface area contributed by atoms with E-state index >= 15 is 0 Å². The summed E-state index contributed by atoms with van der Waals surface area (Å²) in [5.74, 6) is 0.572. The minimum atomic E-state index is -4.30. The quantitative estimate of drug-likeness (QED) is 0.827. The van der Waals surface area contributed by atoms with Crippen LogP contribution in [0.4, 0.5) is 13.2 Å². The van der Waals surface area contributed by atoms with Gasteiger partial charge in [-0.05, 0) is 24.6 Å². The van der Waals surface area contributed by atoms with E-state index in [9.17, 15) is 13.2 Å². The minimum absolute atomic E-state index is 0.411. The molecule has 1 unspecified atom stereocenters. The molecular formula is C12H16F3NO2. The molecule has 0 bridgehead atoms. The van der Waals surface area contributed by atoms with Crippen molar-refractivity contribution >= 4 is 0 Å². The van der Waals surface area contributed by atoms with Crippen molar-refractivity contribution in [1.82, 2.24) is 5.32 Å². The summed E-state index contributed by atoms with van der Waals surface area (Å²) in [5.41, 5.74) is 0.563. The van der Waals surface area contributed by atoms with Gasteiger partial charge in [0.05, 0.1) is 25.8 Å². The van der Waals surface area contributed by atoms with Crippen LogP contribution in [0.2, 0.25) is 0 Å². The van der Waals surface area contributed by atoms with Gasteiger partial charge in [0.25, 0.3) is 0 Å². The number of rotatable bonds is 6. The Morgan fingerprint density at radius 1 is 1.39 bits per heavy atom. The van der Waals surface area contributed by atoms with Crippen LogP contribution >= 0.6 is 0 Å². The second kappa shape index (κ2) is 6.61. The summed E-state index contributed by atoms with van der Waals surface area (Å²) in [4.78, 5) is 0. The predicted molar refractivity (Wildman–Crippen MR) is 61.5 cm³/mol. The summed E-state index contributed by atoms with van der Waals surface area (Å²) < 4.78 is 41.6. The lowest BCUT2D eigenvalue weighted by Crippen LogP contribution is -2.33. The monoisotopic (exact) mass is 263 g/mol. The van der Waals surface area contributed by atoms with E-state index < -0.39 is 25.4 Å². The average molecular weight is 263 g/mol. The van der Waals surface area contributed by atoms with E-state index in [1.807, 2.05) is 6.92 Å². The van der Waals surface area contributed by atoms with Gasteiger partial charge < -0.3 is 9.84 Å². The number of aliphatic hydroxyl groups excluding tert-OH is 1. The van der Waals surface area contributed by atoms with E-state index in [-0.39, 0.29) is 0 Å². The second-order valence-corrected chi connectivity index (χ2v) is 3.74. The number of alkyl halides is 3. The summed E-state index contributed by atoms with van der Waals surface area (Å²) in [6.45, 7) is 0.740. The molecule has 1 atom stereocenters. The number of benzene rings is 1. The Labute approximate surface area is 104 Å². The largest absolute Gasteiger partial charge is 0.494 e. The van der Waals surface area contributed by atoms with Gasteiger partial charge in [-0.15, -0.1) is 0 Å². The molecule has 18 heavy (non-hydrogen) atoms. The molecule has 6 heteroatoms. The third-order valence-corrected chi connectivity index (χ3v) is 2.30. The fourth-order valence-corrected chi connectivity index (χ4v) is 1.51. The van der Waals surface area contributed by atoms with Crippen molar-refractivity contribution in [2.45, 2.75) is 19.1 Å². The molecule has 0 fully saturated rings. The molecule has 1 aromatic carbocycles. The Hall–Kier alpha value is -1.27. The fourth-order valence-electron chi connectivity index (χ4n) is 1.51. The number of hydrogen-bond acceptors (Lipinski definition) is 3. The Balaban J connectivity index is 2.72. The van der Waals surface area contributed by atoms with Crippen LogP contribution in [-0.4, -0.2) is 31.0 Å². The number of hydrogen-bond donors (Lipinski definition) is 2. The van der Waals surface area contributed by atoms with Gasteiger partial charge in [-0.3, -0.25) is 5.32 Å². The molecule has 0 aliphatic rings. The van der Waals surface area contributed by atoms with Crippen molar-refractivity contribution in [2.75, 3.05) is 19.8 Å². The SMILES string of the molecule is CCOc1cccc(C(CO)NCC(F)(F)F)c1. The molecule has 3 nitrogen and oxygen atoms in total. The second-order valence-electron chi connectivity index (χ2n) is 3.74. The Morgan fingerprint density at radius 3 is 2.67 bits per heavy atom. The summed E-state index contributed by atoms with van der Waals surface area (Å²) in [6.07, 6.45) is -4.30. The van der Waals surface area contributed by atoms with E-state index in [1.54, 1.807) is 24.3 Å². The molecule has 0 amide bonds. The summed E-state index contributed by atoms with van der Waals surface area (Å²) in [6, 6.07) is 5.90. The predicted octanol–water partition coefficient (Wildman–Crippen LogP) is 2.27. The van der Waals surface area contributed by atoms with Gasteiger partial charge in [0.2, 0.25) is 0 Å². The van der Waals surface area contributed by atoms with Gasteiger partial charge in [-0.2, -0.15) is 13.2 Å². The Bertz CT molecular complexity index is 369. The van der Waals surface area contributed by atoms with Crippen molar-refractivity contribution in [3.05, 3.63) is 29.8 Å². The van der Waals surface area contributed by atoms with Crippen LogP contribution in [0.15, 0.2) is 24.3 Å². The molecule has 0 spiro atoms. The van der Waals surface area contributed by atoms with E-state index in [2.05, 4.69) is 5.32 Å². The highest BCUT2D eigenvalue weighted by Gasteiger charge is 2.28. The highest BCUT2D eigenvalue weighted by molar-refractivity contribution is 5.30. The maximum atomic E-state index is 12.1. The van der Waals surface area contributed by atoms with E-state index in [1.165, 1.54) is 0 Å². The molecule has 0 aliphatic carbocycles. The van der Waals surface area contributed by atoms with Crippen LogP contribution in [0.25, 0.3) is 0 Å². The van der Waals surface area contributed by atoms with Gasteiger partial charge >= 0.3 is 6.18 Å².